The summed E-state index contributed by atoms with van der Waals surface area (Å²) >= 11 is 0. The molecule has 0 bridgehead atoms. The molecule has 3 rings (SSSR count). The van der Waals surface area contributed by atoms with Crippen LogP contribution in [0.15, 0.2) is 24.4 Å². The highest BCUT2D eigenvalue weighted by Gasteiger charge is 2.24. The van der Waals surface area contributed by atoms with Crippen molar-refractivity contribution < 1.29 is 4.79 Å². The summed E-state index contributed by atoms with van der Waals surface area (Å²) in [6.45, 7) is 2.55. The quantitative estimate of drug-likeness (QED) is 0.853. The number of aromatic nitrogens is 3. The molecule has 5 heteroatoms. The van der Waals surface area contributed by atoms with E-state index >= 15 is 0 Å². The van der Waals surface area contributed by atoms with Gasteiger partial charge >= 0.3 is 0 Å². The highest BCUT2D eigenvalue weighted by atomic mass is 16.2. The predicted octanol–water partition coefficient (Wildman–Crippen LogP) is 2.90. The van der Waals surface area contributed by atoms with E-state index in [1.54, 1.807) is 4.90 Å². The van der Waals surface area contributed by atoms with Crippen LogP contribution in [0.3, 0.4) is 0 Å². The molecule has 1 saturated carbocycles. The molecule has 2 aromatic rings. The number of carbonyl (C=O) groups is 1. The maximum Gasteiger partial charge on any atom is 0.225 e. The van der Waals surface area contributed by atoms with E-state index in [-0.39, 0.29) is 11.8 Å². The van der Waals surface area contributed by atoms with E-state index < -0.39 is 0 Å². The highest BCUT2D eigenvalue weighted by molar-refractivity contribution is 5.78. The number of pyridine rings is 1. The Morgan fingerprint density at radius 3 is 2.91 bits per heavy atom. The van der Waals surface area contributed by atoms with E-state index in [2.05, 4.69) is 17.1 Å². The number of carbonyl (C=O) groups excluding carboxylic acids is 1. The van der Waals surface area contributed by atoms with Crippen molar-refractivity contribution in [3.05, 3.63) is 30.2 Å². The molecule has 2 heterocycles. The first-order valence-electron chi connectivity index (χ1n) is 8.19. The first-order valence-corrected chi connectivity index (χ1v) is 8.19. The van der Waals surface area contributed by atoms with Crippen molar-refractivity contribution in [3.8, 4) is 0 Å². The van der Waals surface area contributed by atoms with Crippen LogP contribution in [0.1, 0.15) is 44.9 Å². The number of hydrogen-bond donors (Lipinski definition) is 0. The van der Waals surface area contributed by atoms with Crippen molar-refractivity contribution in [2.45, 2.75) is 45.6 Å². The number of rotatable bonds is 5. The molecular weight excluding hydrogens is 276 g/mol. The van der Waals surface area contributed by atoms with Gasteiger partial charge in [-0.1, -0.05) is 38.7 Å². The smallest absolute Gasteiger partial charge is 0.225 e. The molecule has 0 N–H and O–H groups in total. The number of nitrogens with zero attached hydrogens (tertiary/aromatic N) is 4. The second-order valence-electron chi connectivity index (χ2n) is 6.53. The monoisotopic (exact) mass is 300 g/mol. The fraction of sp³-hybridized carbons (Fsp3) is 0.588. The van der Waals surface area contributed by atoms with Gasteiger partial charge in [-0.3, -0.25) is 9.20 Å². The van der Waals surface area contributed by atoms with Gasteiger partial charge in [-0.05, 0) is 24.5 Å². The van der Waals surface area contributed by atoms with E-state index in [4.69, 9.17) is 0 Å². The average Bonchev–Trinajstić information content (AvgIpc) is 3.17. The van der Waals surface area contributed by atoms with E-state index in [9.17, 15) is 4.79 Å². The molecule has 0 aliphatic heterocycles. The molecule has 118 valence electrons. The summed E-state index contributed by atoms with van der Waals surface area (Å²) in [4.78, 5) is 14.3. The Morgan fingerprint density at radius 2 is 2.14 bits per heavy atom. The zero-order chi connectivity index (χ0) is 15.5. The van der Waals surface area contributed by atoms with Crippen molar-refractivity contribution in [2.75, 3.05) is 7.05 Å². The Kier molecular flexibility index (Phi) is 4.41. The van der Waals surface area contributed by atoms with Crippen LogP contribution in [0.5, 0.6) is 0 Å². The Morgan fingerprint density at radius 1 is 1.36 bits per heavy atom. The molecule has 1 fully saturated rings. The summed E-state index contributed by atoms with van der Waals surface area (Å²) in [6.07, 6.45) is 8.18. The van der Waals surface area contributed by atoms with Crippen molar-refractivity contribution >= 4 is 11.6 Å². The number of amides is 1. The number of hydrogen-bond acceptors (Lipinski definition) is 3. The zero-order valence-electron chi connectivity index (χ0n) is 13.4. The summed E-state index contributed by atoms with van der Waals surface area (Å²) in [5.41, 5.74) is 0.817. The van der Waals surface area contributed by atoms with Crippen molar-refractivity contribution in [1.29, 1.82) is 0 Å². The van der Waals surface area contributed by atoms with Gasteiger partial charge < -0.3 is 4.90 Å². The van der Waals surface area contributed by atoms with Crippen LogP contribution in [0.25, 0.3) is 5.65 Å². The van der Waals surface area contributed by atoms with Gasteiger partial charge in [0.1, 0.15) is 0 Å². The lowest BCUT2D eigenvalue weighted by Crippen LogP contribution is -2.32. The normalized spacial score (nSPS) is 17.0. The SMILES string of the molecule is CC(CC1CCCC1)C(=O)N(C)Cc1nnc2ccccn12. The van der Waals surface area contributed by atoms with Crippen LogP contribution in [0.4, 0.5) is 0 Å². The van der Waals surface area contributed by atoms with Crippen molar-refractivity contribution in [2.24, 2.45) is 11.8 Å². The highest BCUT2D eigenvalue weighted by Crippen LogP contribution is 2.30. The van der Waals surface area contributed by atoms with Gasteiger partial charge in [0, 0.05) is 19.2 Å². The first kappa shape index (κ1) is 15.0. The molecule has 0 spiro atoms. The Labute approximate surface area is 131 Å². The Bertz CT molecular complexity index is 645. The standard InChI is InChI=1S/C17H24N4O/c1-13(11-14-7-3-4-8-14)17(22)20(2)12-16-19-18-15-9-5-6-10-21(15)16/h5-6,9-10,13-14H,3-4,7-8,11-12H2,1-2H3. The van der Waals surface area contributed by atoms with Gasteiger partial charge in [0.25, 0.3) is 0 Å². The summed E-state index contributed by atoms with van der Waals surface area (Å²) in [6, 6.07) is 5.80. The molecule has 2 aromatic heterocycles. The van der Waals surface area contributed by atoms with E-state index in [0.717, 1.165) is 23.8 Å². The minimum Gasteiger partial charge on any atom is -0.338 e. The van der Waals surface area contributed by atoms with Crippen LogP contribution in [0.2, 0.25) is 0 Å². The molecule has 1 aliphatic rings. The molecular formula is C17H24N4O. The largest absolute Gasteiger partial charge is 0.338 e. The molecule has 0 aromatic carbocycles. The second-order valence-corrected chi connectivity index (χ2v) is 6.53. The van der Waals surface area contributed by atoms with Crippen molar-refractivity contribution in [3.63, 3.8) is 0 Å². The maximum atomic E-state index is 12.6. The maximum absolute atomic E-state index is 12.6. The zero-order valence-corrected chi connectivity index (χ0v) is 13.4. The molecule has 0 radical (unpaired) electrons. The first-order chi connectivity index (χ1) is 10.6. The van der Waals surface area contributed by atoms with Gasteiger partial charge in [0.2, 0.25) is 5.91 Å². The van der Waals surface area contributed by atoms with E-state index in [1.807, 2.05) is 35.8 Å². The van der Waals surface area contributed by atoms with Crippen molar-refractivity contribution in [1.82, 2.24) is 19.5 Å². The third kappa shape index (κ3) is 3.13. The number of fused-ring (bicyclic) bond motifs is 1. The minimum absolute atomic E-state index is 0.0901. The van der Waals surface area contributed by atoms with E-state index in [1.165, 1.54) is 25.7 Å². The fourth-order valence-electron chi connectivity index (χ4n) is 3.51. The van der Waals surface area contributed by atoms with Crippen LogP contribution >= 0.6 is 0 Å². The van der Waals surface area contributed by atoms with Gasteiger partial charge in [-0.15, -0.1) is 10.2 Å². The Hall–Kier alpha value is -1.91. The molecule has 22 heavy (non-hydrogen) atoms. The molecule has 0 saturated heterocycles. The van der Waals surface area contributed by atoms with Crippen LogP contribution in [0, 0.1) is 11.8 Å². The summed E-state index contributed by atoms with van der Waals surface area (Å²) in [7, 11) is 1.86. The minimum atomic E-state index is 0.0901. The Balaban J connectivity index is 1.63. The molecule has 1 atom stereocenters. The van der Waals surface area contributed by atoms with Gasteiger partial charge in [-0.25, -0.2) is 0 Å². The van der Waals surface area contributed by atoms with Crippen LogP contribution in [-0.4, -0.2) is 32.5 Å². The summed E-state index contributed by atoms with van der Waals surface area (Å²) in [5.74, 6) is 1.84. The van der Waals surface area contributed by atoms with E-state index in [0.29, 0.717) is 6.54 Å². The third-order valence-electron chi connectivity index (χ3n) is 4.72. The third-order valence-corrected chi connectivity index (χ3v) is 4.72. The molecule has 1 amide bonds. The summed E-state index contributed by atoms with van der Waals surface area (Å²) in [5, 5.41) is 8.33. The van der Waals surface area contributed by atoms with Crippen LogP contribution < -0.4 is 0 Å². The lowest BCUT2D eigenvalue weighted by atomic mass is 9.93. The molecule has 1 unspecified atom stereocenters. The van der Waals surface area contributed by atoms with Gasteiger partial charge in [0.05, 0.1) is 6.54 Å². The molecule has 1 aliphatic carbocycles. The van der Waals surface area contributed by atoms with Crippen LogP contribution in [-0.2, 0) is 11.3 Å². The second kappa shape index (κ2) is 6.46. The fourth-order valence-corrected chi connectivity index (χ4v) is 3.51. The lowest BCUT2D eigenvalue weighted by Gasteiger charge is -2.22. The van der Waals surface area contributed by atoms with Gasteiger partial charge in [0.15, 0.2) is 11.5 Å². The predicted molar refractivity (Wildman–Crippen MR) is 85.2 cm³/mol. The molecule has 5 nitrogen and oxygen atoms in total. The topological polar surface area (TPSA) is 50.5 Å². The average molecular weight is 300 g/mol. The lowest BCUT2D eigenvalue weighted by molar-refractivity contribution is -0.134. The van der Waals surface area contributed by atoms with Gasteiger partial charge in [-0.2, -0.15) is 0 Å². The summed E-state index contributed by atoms with van der Waals surface area (Å²) < 4.78 is 1.94.